The van der Waals surface area contributed by atoms with Crippen molar-refractivity contribution in [2.45, 2.75) is 25.9 Å². The summed E-state index contributed by atoms with van der Waals surface area (Å²) in [6.07, 6.45) is 0.939. The average molecular weight is 368 g/mol. The Morgan fingerprint density at radius 3 is 2.44 bits per heavy atom. The van der Waals surface area contributed by atoms with Crippen LogP contribution in [0.1, 0.15) is 18.1 Å². The number of nitrogens with one attached hydrogen (secondary N) is 1. The monoisotopic (exact) mass is 368 g/mol. The lowest BCUT2D eigenvalue weighted by atomic mass is 10.1. The van der Waals surface area contributed by atoms with Crippen molar-refractivity contribution in [3.63, 3.8) is 0 Å². The fourth-order valence-electron chi connectivity index (χ4n) is 3.00. The molecule has 0 radical (unpaired) electrons. The highest BCUT2D eigenvalue weighted by Gasteiger charge is 2.34. The van der Waals surface area contributed by atoms with Gasteiger partial charge in [0.05, 0.1) is 13.7 Å². The fourth-order valence-corrected chi connectivity index (χ4v) is 3.00. The molecule has 0 aliphatic carbocycles. The van der Waals surface area contributed by atoms with Crippen LogP contribution in [0.3, 0.4) is 0 Å². The van der Waals surface area contributed by atoms with Gasteiger partial charge in [-0.25, -0.2) is 0 Å². The van der Waals surface area contributed by atoms with Crippen LogP contribution in [-0.2, 0) is 27.3 Å². The maximum atomic E-state index is 12.8. The summed E-state index contributed by atoms with van der Waals surface area (Å²) in [5, 5.41) is 2.88. The molecule has 1 saturated heterocycles. The number of nitrogens with zero attached hydrogens (tertiary/aromatic N) is 1. The van der Waals surface area contributed by atoms with Crippen molar-refractivity contribution in [2.75, 3.05) is 25.6 Å². The van der Waals surface area contributed by atoms with Crippen LogP contribution in [0, 0.1) is 0 Å². The van der Waals surface area contributed by atoms with E-state index >= 15 is 0 Å². The fraction of sp³-hybridized carbons (Fsp3) is 0.333. The van der Waals surface area contributed by atoms with Gasteiger partial charge in [0.15, 0.2) is 0 Å². The lowest BCUT2D eigenvalue weighted by Crippen LogP contribution is -2.54. The second-order valence-corrected chi connectivity index (χ2v) is 6.44. The van der Waals surface area contributed by atoms with Crippen molar-refractivity contribution >= 4 is 17.5 Å². The molecule has 0 saturated carbocycles. The van der Waals surface area contributed by atoms with Crippen LogP contribution in [0.2, 0.25) is 0 Å². The summed E-state index contributed by atoms with van der Waals surface area (Å²) >= 11 is 0. The summed E-state index contributed by atoms with van der Waals surface area (Å²) in [6.45, 7) is 2.60. The largest absolute Gasteiger partial charge is 0.497 e. The van der Waals surface area contributed by atoms with Crippen LogP contribution in [0.15, 0.2) is 48.5 Å². The molecule has 2 aromatic carbocycles. The number of benzene rings is 2. The lowest BCUT2D eigenvalue weighted by Gasteiger charge is -2.34. The van der Waals surface area contributed by atoms with Crippen LogP contribution >= 0.6 is 0 Å². The smallest absolute Gasteiger partial charge is 0.249 e. The van der Waals surface area contributed by atoms with E-state index in [1.54, 1.807) is 12.0 Å². The Morgan fingerprint density at radius 2 is 1.81 bits per heavy atom. The van der Waals surface area contributed by atoms with Crippen LogP contribution in [0.25, 0.3) is 0 Å². The van der Waals surface area contributed by atoms with E-state index in [0.29, 0.717) is 12.2 Å². The van der Waals surface area contributed by atoms with Crippen LogP contribution in [-0.4, -0.2) is 43.1 Å². The Morgan fingerprint density at radius 1 is 1.15 bits per heavy atom. The maximum Gasteiger partial charge on any atom is 0.249 e. The summed E-state index contributed by atoms with van der Waals surface area (Å²) < 4.78 is 10.5. The number of morpholine rings is 1. The Labute approximate surface area is 159 Å². The second kappa shape index (κ2) is 8.68. The van der Waals surface area contributed by atoms with Crippen molar-refractivity contribution < 1.29 is 19.1 Å². The Kier molecular flexibility index (Phi) is 6.08. The third kappa shape index (κ3) is 4.65. The molecule has 1 aliphatic heterocycles. The molecule has 0 bridgehead atoms. The molecule has 2 amide bonds. The van der Waals surface area contributed by atoms with E-state index in [4.69, 9.17) is 9.47 Å². The number of amides is 2. The number of aryl methyl sites for hydroxylation is 1. The van der Waals surface area contributed by atoms with E-state index < -0.39 is 6.04 Å². The number of ether oxygens (including phenoxy) is 2. The highest BCUT2D eigenvalue weighted by molar-refractivity contribution is 5.97. The minimum Gasteiger partial charge on any atom is -0.497 e. The number of hydrogen-bond acceptors (Lipinski definition) is 4. The highest BCUT2D eigenvalue weighted by atomic mass is 16.5. The standard InChI is InChI=1S/C21H24N2O4/c1-3-15-4-8-17(9-5-15)22-21(25)19-13-27-14-20(24)23(19)12-16-6-10-18(26-2)11-7-16/h4-11,19H,3,12-14H2,1-2H3,(H,22,25)/t19-/m0/s1. The molecule has 6 nitrogen and oxygen atoms in total. The van der Waals surface area contributed by atoms with Crippen LogP contribution in [0.5, 0.6) is 5.75 Å². The lowest BCUT2D eigenvalue weighted by molar-refractivity contribution is -0.154. The van der Waals surface area contributed by atoms with Gasteiger partial charge < -0.3 is 19.7 Å². The van der Waals surface area contributed by atoms with Gasteiger partial charge in [-0.05, 0) is 41.8 Å². The predicted molar refractivity (Wildman–Crippen MR) is 103 cm³/mol. The minimum absolute atomic E-state index is 0.00880. The van der Waals surface area contributed by atoms with Gasteiger partial charge in [0, 0.05) is 12.2 Å². The number of rotatable bonds is 6. The van der Waals surface area contributed by atoms with Gasteiger partial charge in [0.2, 0.25) is 11.8 Å². The van der Waals surface area contributed by atoms with Crippen molar-refractivity contribution in [3.8, 4) is 5.75 Å². The summed E-state index contributed by atoms with van der Waals surface area (Å²) in [5.74, 6) is 0.302. The average Bonchev–Trinajstić information content (AvgIpc) is 2.70. The highest BCUT2D eigenvalue weighted by Crippen LogP contribution is 2.18. The quantitative estimate of drug-likeness (QED) is 0.851. The third-order valence-electron chi connectivity index (χ3n) is 4.64. The van der Waals surface area contributed by atoms with Crippen molar-refractivity contribution in [2.24, 2.45) is 0 Å². The van der Waals surface area contributed by atoms with E-state index in [1.165, 1.54) is 5.56 Å². The molecule has 142 valence electrons. The Bertz CT molecular complexity index is 787. The molecule has 27 heavy (non-hydrogen) atoms. The van der Waals surface area contributed by atoms with Crippen molar-refractivity contribution in [1.29, 1.82) is 0 Å². The molecule has 1 fully saturated rings. The first kappa shape index (κ1) is 18.9. The zero-order valence-electron chi connectivity index (χ0n) is 15.6. The number of carbonyl (C=O) groups excluding carboxylic acids is 2. The molecule has 3 rings (SSSR count). The predicted octanol–water partition coefficient (Wildman–Crippen LogP) is 2.62. The summed E-state index contributed by atoms with van der Waals surface area (Å²) in [4.78, 5) is 26.7. The molecular formula is C21H24N2O4. The van der Waals surface area contributed by atoms with Gasteiger partial charge in [-0.15, -0.1) is 0 Å². The molecule has 1 N–H and O–H groups in total. The molecule has 6 heteroatoms. The van der Waals surface area contributed by atoms with Crippen molar-refractivity contribution in [3.05, 3.63) is 59.7 Å². The number of anilines is 1. The van der Waals surface area contributed by atoms with E-state index in [2.05, 4.69) is 12.2 Å². The van der Waals surface area contributed by atoms with Crippen molar-refractivity contribution in [1.82, 2.24) is 4.90 Å². The van der Waals surface area contributed by atoms with Crippen LogP contribution < -0.4 is 10.1 Å². The molecule has 1 atom stereocenters. The first-order valence-corrected chi connectivity index (χ1v) is 9.00. The first-order valence-electron chi connectivity index (χ1n) is 9.00. The molecular weight excluding hydrogens is 344 g/mol. The first-order chi connectivity index (χ1) is 13.1. The van der Waals surface area contributed by atoms with E-state index in [1.807, 2.05) is 48.5 Å². The van der Waals surface area contributed by atoms with E-state index in [9.17, 15) is 9.59 Å². The zero-order valence-corrected chi connectivity index (χ0v) is 15.6. The normalized spacial score (nSPS) is 16.9. The Hall–Kier alpha value is -2.86. The molecule has 0 aromatic heterocycles. The van der Waals surface area contributed by atoms with E-state index in [0.717, 1.165) is 17.7 Å². The maximum absolute atomic E-state index is 12.8. The van der Waals surface area contributed by atoms with E-state index in [-0.39, 0.29) is 25.0 Å². The molecule has 1 heterocycles. The van der Waals surface area contributed by atoms with Gasteiger partial charge in [0.1, 0.15) is 18.4 Å². The molecule has 0 spiro atoms. The molecule has 0 unspecified atom stereocenters. The summed E-state index contributed by atoms with van der Waals surface area (Å²) in [5.41, 5.74) is 2.83. The van der Waals surface area contributed by atoms with Gasteiger partial charge in [0.25, 0.3) is 0 Å². The Balaban J connectivity index is 1.71. The van der Waals surface area contributed by atoms with Gasteiger partial charge >= 0.3 is 0 Å². The number of carbonyl (C=O) groups is 2. The van der Waals surface area contributed by atoms with Gasteiger partial charge in [-0.2, -0.15) is 0 Å². The topological polar surface area (TPSA) is 67.9 Å². The number of hydrogen-bond donors (Lipinski definition) is 1. The third-order valence-corrected chi connectivity index (χ3v) is 4.64. The second-order valence-electron chi connectivity index (χ2n) is 6.44. The number of methoxy groups -OCH3 is 1. The van der Waals surface area contributed by atoms with Gasteiger partial charge in [-0.1, -0.05) is 31.2 Å². The molecule has 1 aliphatic rings. The molecule has 2 aromatic rings. The van der Waals surface area contributed by atoms with Crippen LogP contribution in [0.4, 0.5) is 5.69 Å². The zero-order chi connectivity index (χ0) is 19.2. The minimum atomic E-state index is -0.667. The SMILES string of the molecule is CCc1ccc(NC(=O)[C@@H]2COCC(=O)N2Cc2ccc(OC)cc2)cc1. The summed E-state index contributed by atoms with van der Waals surface area (Å²) in [6, 6.07) is 14.5. The van der Waals surface area contributed by atoms with Gasteiger partial charge in [-0.3, -0.25) is 9.59 Å². The summed E-state index contributed by atoms with van der Waals surface area (Å²) in [7, 11) is 1.61.